The van der Waals surface area contributed by atoms with Crippen LogP contribution >= 0.6 is 0 Å². The predicted octanol–water partition coefficient (Wildman–Crippen LogP) is 2.96. The zero-order valence-electron chi connectivity index (χ0n) is 16.4. The van der Waals surface area contributed by atoms with Gasteiger partial charge >= 0.3 is 0 Å². The molecule has 148 valence electrons. The number of aromatic nitrogens is 3. The van der Waals surface area contributed by atoms with Crippen LogP contribution in [0.15, 0.2) is 23.9 Å². The number of aliphatic hydroxyl groups is 1. The Kier molecular flexibility index (Phi) is 4.71. The quantitative estimate of drug-likeness (QED) is 0.755. The van der Waals surface area contributed by atoms with Crippen molar-refractivity contribution < 1.29 is 9.90 Å². The second kappa shape index (κ2) is 7.05. The molecule has 2 aliphatic carbocycles. The largest absolute Gasteiger partial charge is 0.388 e. The zero-order chi connectivity index (χ0) is 20.0. The van der Waals surface area contributed by atoms with Crippen LogP contribution in [0, 0.1) is 5.92 Å². The predicted molar refractivity (Wildman–Crippen MR) is 109 cm³/mol. The van der Waals surface area contributed by atoms with Gasteiger partial charge in [0.2, 0.25) is 0 Å². The summed E-state index contributed by atoms with van der Waals surface area (Å²) in [7, 11) is 0. The summed E-state index contributed by atoms with van der Waals surface area (Å²) in [6.07, 6.45) is 10.6. The molecule has 0 unspecified atom stereocenters. The van der Waals surface area contributed by atoms with Crippen molar-refractivity contribution in [2.45, 2.75) is 58.0 Å². The molecule has 2 aliphatic rings. The Labute approximate surface area is 164 Å². The number of carbonyl (C=O) groups excluding carboxylic acids is 1. The molecule has 1 fully saturated rings. The third kappa shape index (κ3) is 2.90. The number of amides is 1. The van der Waals surface area contributed by atoms with Crippen molar-refractivity contribution in [3.8, 4) is 0 Å². The molecule has 2 aromatic rings. The van der Waals surface area contributed by atoms with Gasteiger partial charge in [-0.05, 0) is 25.3 Å². The van der Waals surface area contributed by atoms with Crippen LogP contribution in [0.3, 0.4) is 0 Å². The highest BCUT2D eigenvalue weighted by Crippen LogP contribution is 2.38. The maximum Gasteiger partial charge on any atom is 0.254 e. The third-order valence-corrected chi connectivity index (χ3v) is 6.12. The van der Waals surface area contributed by atoms with Gasteiger partial charge in [0.15, 0.2) is 5.65 Å². The molecule has 1 amide bonds. The second-order valence-corrected chi connectivity index (χ2v) is 7.97. The minimum Gasteiger partial charge on any atom is -0.388 e. The van der Waals surface area contributed by atoms with Crippen LogP contribution < -0.4 is 11.5 Å². The van der Waals surface area contributed by atoms with E-state index in [2.05, 4.69) is 4.98 Å². The number of anilines is 1. The highest BCUT2D eigenvalue weighted by Gasteiger charge is 2.30. The number of primary amides is 1. The normalized spacial score (nSPS) is 23.5. The second-order valence-electron chi connectivity index (χ2n) is 7.97. The monoisotopic (exact) mass is 381 g/mol. The molecule has 0 aliphatic heterocycles. The van der Waals surface area contributed by atoms with E-state index < -0.39 is 12.0 Å². The summed E-state index contributed by atoms with van der Waals surface area (Å²) in [5, 5.41) is 10.3. The van der Waals surface area contributed by atoms with Crippen LogP contribution in [-0.2, 0) is 0 Å². The van der Waals surface area contributed by atoms with Crippen molar-refractivity contribution in [3.05, 3.63) is 35.2 Å². The number of carbonyl (C=O) groups is 1. The summed E-state index contributed by atoms with van der Waals surface area (Å²) in [4.78, 5) is 21.7. The van der Waals surface area contributed by atoms with Crippen LogP contribution in [0.1, 0.15) is 67.9 Å². The molecule has 2 atom stereocenters. The first-order valence-electron chi connectivity index (χ1n) is 9.94. The summed E-state index contributed by atoms with van der Waals surface area (Å²) in [6.45, 7) is 3.87. The molecule has 2 aromatic heterocycles. The molecule has 7 heteroatoms. The Bertz CT molecular complexity index is 998. The molecule has 1 saturated carbocycles. The lowest BCUT2D eigenvalue weighted by atomic mass is 9.87. The van der Waals surface area contributed by atoms with E-state index in [1.165, 1.54) is 19.3 Å². The van der Waals surface area contributed by atoms with E-state index in [1.54, 1.807) is 16.8 Å². The minimum atomic E-state index is -0.637. The third-order valence-electron chi connectivity index (χ3n) is 6.12. The number of allylic oxidation sites excluding steroid dienone is 2. The van der Waals surface area contributed by atoms with Crippen molar-refractivity contribution in [1.29, 1.82) is 0 Å². The molecule has 7 nitrogen and oxygen atoms in total. The highest BCUT2D eigenvalue weighted by molar-refractivity contribution is 6.10. The molecular weight excluding hydrogens is 354 g/mol. The van der Waals surface area contributed by atoms with E-state index in [-0.39, 0.29) is 17.3 Å². The van der Waals surface area contributed by atoms with Gasteiger partial charge in [0.05, 0.1) is 18.0 Å². The van der Waals surface area contributed by atoms with Gasteiger partial charge in [-0.1, -0.05) is 38.3 Å². The molecule has 2 heterocycles. The summed E-state index contributed by atoms with van der Waals surface area (Å²) in [5.41, 5.74) is 15.9. The number of fused-ring (bicyclic) bond motifs is 1. The van der Waals surface area contributed by atoms with E-state index in [9.17, 15) is 9.90 Å². The molecule has 0 saturated heterocycles. The van der Waals surface area contributed by atoms with E-state index >= 15 is 0 Å². The van der Waals surface area contributed by atoms with Crippen LogP contribution in [-0.4, -0.2) is 31.7 Å². The number of nitrogen functional groups attached to an aromatic ring is 1. The summed E-state index contributed by atoms with van der Waals surface area (Å²) in [6, 6.07) is 0. The highest BCUT2D eigenvalue weighted by atomic mass is 16.3. The first-order chi connectivity index (χ1) is 13.4. The van der Waals surface area contributed by atoms with E-state index in [0.29, 0.717) is 17.1 Å². The lowest BCUT2D eigenvalue weighted by Crippen LogP contribution is -2.24. The van der Waals surface area contributed by atoms with Crippen molar-refractivity contribution in [1.82, 2.24) is 14.5 Å². The van der Waals surface area contributed by atoms with Crippen LogP contribution in [0.4, 0.5) is 5.82 Å². The maximum absolute atomic E-state index is 12.2. The Balaban J connectivity index is 1.94. The molecular formula is C21H27N5O2. The lowest BCUT2D eigenvalue weighted by molar-refractivity contribution is 0.100. The van der Waals surface area contributed by atoms with Crippen molar-refractivity contribution in [3.63, 3.8) is 0 Å². The molecule has 28 heavy (non-hydrogen) atoms. The van der Waals surface area contributed by atoms with Gasteiger partial charge in [0.25, 0.3) is 5.91 Å². The number of aliphatic hydroxyl groups excluding tert-OH is 1. The summed E-state index contributed by atoms with van der Waals surface area (Å²) < 4.78 is 1.74. The molecule has 0 aromatic carbocycles. The lowest BCUT2D eigenvalue weighted by Gasteiger charge is -2.27. The van der Waals surface area contributed by atoms with Crippen LogP contribution in [0.5, 0.6) is 0 Å². The first kappa shape index (κ1) is 18.7. The first-order valence-corrected chi connectivity index (χ1v) is 9.94. The fourth-order valence-corrected chi connectivity index (χ4v) is 4.55. The van der Waals surface area contributed by atoms with Gasteiger partial charge < -0.3 is 16.6 Å². The molecule has 4 rings (SSSR count). The van der Waals surface area contributed by atoms with Crippen LogP contribution in [0.25, 0.3) is 16.9 Å². The van der Waals surface area contributed by atoms with Gasteiger partial charge in [-0.15, -0.1) is 0 Å². The number of rotatable bonds is 3. The average molecular weight is 381 g/mol. The van der Waals surface area contributed by atoms with E-state index in [1.807, 2.05) is 19.9 Å². The molecule has 5 N–H and O–H groups in total. The molecule has 0 spiro atoms. The van der Waals surface area contributed by atoms with Crippen molar-refractivity contribution >= 4 is 28.6 Å². The standard InChI is InChI=1S/C21H27N5O2/c1-11-8-9-15(27)12(2)18(11)26-19(22)16(20(23)28)17-21(26)24-10-14(25-17)13-6-4-3-5-7-13/h8-10,12-13,15,27H,3-7,22H2,1-2H3,(H2,23,28)/t12-,15+/m0/s1. The molecule has 0 radical (unpaired) electrons. The van der Waals surface area contributed by atoms with Gasteiger partial charge in [-0.3, -0.25) is 9.36 Å². The Morgan fingerprint density at radius 2 is 2.00 bits per heavy atom. The Morgan fingerprint density at radius 1 is 1.29 bits per heavy atom. The fraction of sp³-hybridized carbons (Fsp3) is 0.476. The Hall–Kier alpha value is -2.67. The summed E-state index contributed by atoms with van der Waals surface area (Å²) in [5.74, 6) is -0.236. The minimum absolute atomic E-state index is 0.205. The zero-order valence-corrected chi connectivity index (χ0v) is 16.4. The van der Waals surface area contributed by atoms with Gasteiger partial charge in [0, 0.05) is 17.5 Å². The fourth-order valence-electron chi connectivity index (χ4n) is 4.55. The number of hydrogen-bond donors (Lipinski definition) is 3. The smallest absolute Gasteiger partial charge is 0.254 e. The maximum atomic E-state index is 12.2. The SMILES string of the molecule is CC1=C(n2c(N)c(C(N)=O)c3nc(C4CCCCC4)cnc32)[C@@H](C)[C@H](O)C=C1. The van der Waals surface area contributed by atoms with Gasteiger partial charge in [-0.2, -0.15) is 0 Å². The van der Waals surface area contributed by atoms with Gasteiger partial charge in [0.1, 0.15) is 16.9 Å². The van der Waals surface area contributed by atoms with Crippen molar-refractivity contribution in [2.75, 3.05) is 5.73 Å². The van der Waals surface area contributed by atoms with Crippen LogP contribution in [0.2, 0.25) is 0 Å². The van der Waals surface area contributed by atoms with Gasteiger partial charge in [-0.25, -0.2) is 9.97 Å². The topological polar surface area (TPSA) is 120 Å². The van der Waals surface area contributed by atoms with E-state index in [4.69, 9.17) is 16.5 Å². The number of nitrogens with zero attached hydrogens (tertiary/aromatic N) is 3. The van der Waals surface area contributed by atoms with Crippen molar-refractivity contribution in [2.24, 2.45) is 11.7 Å². The average Bonchev–Trinajstić information content (AvgIpc) is 2.97. The summed E-state index contributed by atoms with van der Waals surface area (Å²) >= 11 is 0. The molecule has 0 bridgehead atoms. The number of hydrogen-bond acceptors (Lipinski definition) is 5. The Morgan fingerprint density at radius 3 is 2.68 bits per heavy atom. The number of nitrogens with two attached hydrogens (primary N) is 2. The van der Waals surface area contributed by atoms with E-state index in [0.717, 1.165) is 29.8 Å².